The molecule has 0 aromatic heterocycles. The molecular formula is C33H37N3O4S. The van der Waals surface area contributed by atoms with Gasteiger partial charge in [-0.2, -0.15) is 0 Å². The zero-order chi connectivity index (χ0) is 28.9. The minimum atomic E-state index is -0.890. The average Bonchev–Trinajstić information content (AvgIpc) is 3.22. The quantitative estimate of drug-likeness (QED) is 0.414. The number of hydrogen-bond acceptors (Lipinski definition) is 5. The number of carbonyl (C=O) groups is 3. The summed E-state index contributed by atoms with van der Waals surface area (Å²) in [5, 5.41) is 9.48. The van der Waals surface area contributed by atoms with Crippen LogP contribution in [-0.4, -0.2) is 69.5 Å². The zero-order valence-corrected chi connectivity index (χ0v) is 24.6. The minimum Gasteiger partial charge on any atom is -0.396 e. The first-order chi connectivity index (χ1) is 19.7. The second-order valence-corrected chi connectivity index (χ2v) is 13.6. The molecule has 1 unspecified atom stereocenters. The molecule has 2 fully saturated rings. The predicted molar refractivity (Wildman–Crippen MR) is 163 cm³/mol. The number of nitrogens with zero attached hydrogens (tertiary/aromatic N) is 3. The topological polar surface area (TPSA) is 81.2 Å². The Morgan fingerprint density at radius 3 is 2.37 bits per heavy atom. The Bertz CT molecular complexity index is 1440. The van der Waals surface area contributed by atoms with Gasteiger partial charge in [0.15, 0.2) is 0 Å². The number of aliphatic hydroxyl groups is 1. The van der Waals surface area contributed by atoms with E-state index >= 15 is 0 Å². The van der Waals surface area contributed by atoms with Crippen molar-refractivity contribution in [2.75, 3.05) is 36.0 Å². The summed E-state index contributed by atoms with van der Waals surface area (Å²) < 4.78 is -1.55. The van der Waals surface area contributed by atoms with Crippen molar-refractivity contribution in [3.8, 4) is 0 Å². The lowest BCUT2D eigenvalue weighted by Gasteiger charge is -2.37. The van der Waals surface area contributed by atoms with Crippen molar-refractivity contribution in [3.63, 3.8) is 0 Å². The van der Waals surface area contributed by atoms with E-state index in [2.05, 4.69) is 12.2 Å². The number of benzene rings is 2. The number of thioether (sulfide) groups is 1. The van der Waals surface area contributed by atoms with E-state index in [4.69, 9.17) is 0 Å². The lowest BCUT2D eigenvalue weighted by Crippen LogP contribution is -2.53. The number of fused-ring (bicyclic) bond motifs is 2. The summed E-state index contributed by atoms with van der Waals surface area (Å²) >= 11 is 1.60. The molecule has 4 aliphatic rings. The van der Waals surface area contributed by atoms with Gasteiger partial charge in [0.25, 0.3) is 5.91 Å². The molecule has 2 saturated heterocycles. The number of rotatable bonds is 6. The average molecular weight is 572 g/mol. The number of carbonyl (C=O) groups excluding carboxylic acids is 3. The van der Waals surface area contributed by atoms with E-state index in [1.54, 1.807) is 26.5 Å². The molecule has 0 saturated carbocycles. The Balaban J connectivity index is 1.47. The number of likely N-dealkylation sites (tertiary alicyclic amines) is 1. The van der Waals surface area contributed by atoms with Crippen molar-refractivity contribution in [2.24, 2.45) is 11.8 Å². The smallest absolute Gasteiger partial charge is 0.251 e. The number of amides is 3. The van der Waals surface area contributed by atoms with Crippen LogP contribution in [0.4, 0.5) is 11.4 Å². The summed E-state index contributed by atoms with van der Waals surface area (Å²) in [7, 11) is 0. The highest BCUT2D eigenvalue weighted by Gasteiger charge is 2.74. The summed E-state index contributed by atoms with van der Waals surface area (Å²) in [6.45, 7) is 7.27. The van der Waals surface area contributed by atoms with Crippen LogP contribution in [0.5, 0.6) is 0 Å². The fourth-order valence-corrected chi connectivity index (χ4v) is 9.38. The van der Waals surface area contributed by atoms with Crippen LogP contribution >= 0.6 is 11.8 Å². The minimum absolute atomic E-state index is 0.0223. The molecule has 214 valence electrons. The van der Waals surface area contributed by atoms with Crippen LogP contribution < -0.4 is 9.80 Å². The molecule has 7 nitrogen and oxygen atoms in total. The molecular weight excluding hydrogens is 534 g/mol. The summed E-state index contributed by atoms with van der Waals surface area (Å²) in [6.07, 6.45) is 9.31. The molecule has 2 aromatic carbocycles. The molecule has 1 N–H and O–H groups in total. The molecule has 2 aromatic rings. The fourth-order valence-electron chi connectivity index (χ4n) is 7.22. The molecule has 4 heterocycles. The van der Waals surface area contributed by atoms with Gasteiger partial charge in [0.1, 0.15) is 6.04 Å². The fraction of sp³-hybridized carbons (Fsp3) is 0.424. The number of unbranched alkanes of at least 4 members (excludes halogenated alkanes) is 1. The van der Waals surface area contributed by atoms with Crippen molar-refractivity contribution >= 4 is 40.9 Å². The van der Waals surface area contributed by atoms with Gasteiger partial charge >= 0.3 is 0 Å². The number of anilines is 2. The van der Waals surface area contributed by atoms with Crippen molar-refractivity contribution < 1.29 is 19.5 Å². The first-order valence-corrected chi connectivity index (χ1v) is 15.3. The van der Waals surface area contributed by atoms with E-state index in [9.17, 15) is 19.5 Å². The Morgan fingerprint density at radius 1 is 0.878 bits per heavy atom. The highest BCUT2D eigenvalue weighted by Crippen LogP contribution is 2.65. The number of aliphatic hydroxyl groups excluding tert-OH is 1. The Morgan fingerprint density at radius 2 is 1.61 bits per heavy atom. The normalized spacial score (nSPS) is 30.8. The van der Waals surface area contributed by atoms with Crippen LogP contribution in [0.3, 0.4) is 0 Å². The van der Waals surface area contributed by atoms with Crippen LogP contribution in [0.2, 0.25) is 0 Å². The van der Waals surface area contributed by atoms with Gasteiger partial charge in [0, 0.05) is 42.4 Å². The van der Waals surface area contributed by atoms with Crippen molar-refractivity contribution in [1.29, 1.82) is 0 Å². The second kappa shape index (κ2) is 10.5. The van der Waals surface area contributed by atoms with Gasteiger partial charge in [-0.1, -0.05) is 54.6 Å². The molecule has 0 bridgehead atoms. The second-order valence-electron chi connectivity index (χ2n) is 11.8. The monoisotopic (exact) mass is 571 g/mol. The van der Waals surface area contributed by atoms with Gasteiger partial charge in [-0.3, -0.25) is 14.4 Å². The van der Waals surface area contributed by atoms with E-state index in [0.29, 0.717) is 32.5 Å². The summed E-state index contributed by atoms with van der Waals surface area (Å²) in [5.74, 6) is -1.66. The van der Waals surface area contributed by atoms with Crippen molar-refractivity contribution in [1.82, 2.24) is 4.90 Å². The molecule has 3 amide bonds. The number of para-hydroxylation sites is 1. The summed E-state index contributed by atoms with van der Waals surface area (Å²) in [4.78, 5) is 48.9. The van der Waals surface area contributed by atoms with E-state index < -0.39 is 27.4 Å². The third-order valence-corrected chi connectivity index (χ3v) is 10.9. The zero-order valence-electron chi connectivity index (χ0n) is 23.8. The molecule has 0 aliphatic carbocycles. The maximum Gasteiger partial charge on any atom is 0.251 e. The van der Waals surface area contributed by atoms with E-state index in [1.165, 1.54) is 0 Å². The van der Waals surface area contributed by atoms with Gasteiger partial charge < -0.3 is 19.8 Å². The maximum atomic E-state index is 14.7. The number of aryl methyl sites for hydroxylation is 2. The standard InChI is InChI=1S/C33H37N3O4S/c1-22-13-14-23(2)25(21-22)35-19-10-16-33-27(30(39)36(17-7-8-20-37)28(33)31(35)40)26-29(38)34(24-11-5-4-6-12-24)18-9-15-32(26,3)41-33/h4-6,9-16,21,26-28,37H,7-8,17-20H2,1-3H3/t26-,27+,28?,32+,33+/m1/s1. The molecule has 0 radical (unpaired) electrons. The lowest BCUT2D eigenvalue weighted by molar-refractivity contribution is -0.139. The Hall–Kier alpha value is -3.36. The first kappa shape index (κ1) is 27.8. The predicted octanol–water partition coefficient (Wildman–Crippen LogP) is 4.27. The third kappa shape index (κ3) is 4.34. The molecule has 8 heteroatoms. The molecule has 1 spiro atoms. The van der Waals surface area contributed by atoms with Gasteiger partial charge in [0.05, 0.1) is 16.6 Å². The number of hydrogen-bond donors (Lipinski definition) is 1. The Kier molecular flexibility index (Phi) is 7.10. The first-order valence-electron chi connectivity index (χ1n) is 14.4. The van der Waals surface area contributed by atoms with Gasteiger partial charge in [0.2, 0.25) is 11.8 Å². The van der Waals surface area contributed by atoms with Crippen LogP contribution in [0.1, 0.15) is 30.9 Å². The Labute approximate surface area is 245 Å². The van der Waals surface area contributed by atoms with Gasteiger partial charge in [-0.15, -0.1) is 11.8 Å². The van der Waals surface area contributed by atoms with Crippen LogP contribution in [0.15, 0.2) is 72.8 Å². The lowest BCUT2D eigenvalue weighted by atomic mass is 9.74. The van der Waals surface area contributed by atoms with Crippen LogP contribution in [-0.2, 0) is 14.4 Å². The van der Waals surface area contributed by atoms with Gasteiger partial charge in [-0.05, 0) is 62.9 Å². The summed E-state index contributed by atoms with van der Waals surface area (Å²) in [5.41, 5.74) is 3.70. The highest BCUT2D eigenvalue weighted by molar-refractivity contribution is 8.02. The van der Waals surface area contributed by atoms with Crippen LogP contribution in [0.25, 0.3) is 0 Å². The van der Waals surface area contributed by atoms with E-state index in [0.717, 1.165) is 22.5 Å². The van der Waals surface area contributed by atoms with Crippen LogP contribution in [0, 0.1) is 25.7 Å². The highest BCUT2D eigenvalue weighted by atomic mass is 32.2. The van der Waals surface area contributed by atoms with Gasteiger partial charge in [-0.25, -0.2) is 0 Å². The SMILES string of the molecule is Cc1ccc(C)c(N2CC=C[C@]34S[C@@]5(C)C=CCN(c6ccccc6)C(=O)[C@H]5[C@H]3C(=O)N(CCCCO)C4C2=O)c1. The summed E-state index contributed by atoms with van der Waals surface area (Å²) in [6, 6.07) is 14.9. The maximum absolute atomic E-state index is 14.7. The molecule has 4 aliphatic heterocycles. The van der Waals surface area contributed by atoms with Crippen molar-refractivity contribution in [2.45, 2.75) is 49.1 Å². The largest absolute Gasteiger partial charge is 0.396 e. The molecule has 6 rings (SSSR count). The third-order valence-electron chi connectivity index (χ3n) is 9.09. The van der Waals surface area contributed by atoms with E-state index in [1.807, 2.05) is 81.5 Å². The van der Waals surface area contributed by atoms with E-state index in [-0.39, 0.29) is 24.3 Å². The molecule has 5 atom stereocenters. The molecule has 41 heavy (non-hydrogen) atoms. The van der Waals surface area contributed by atoms with Crippen molar-refractivity contribution in [3.05, 3.63) is 84.0 Å².